The smallest absolute Gasteiger partial charge is 0.220 e. The van der Waals surface area contributed by atoms with Crippen LogP contribution in [0.4, 0.5) is 0 Å². The Bertz CT molecular complexity index is 645. The second-order valence-corrected chi connectivity index (χ2v) is 6.25. The van der Waals surface area contributed by atoms with Crippen molar-refractivity contribution in [2.24, 2.45) is 0 Å². The highest BCUT2D eigenvalue weighted by Gasteiger charge is 2.13. The summed E-state index contributed by atoms with van der Waals surface area (Å²) in [5.74, 6) is 0.0488. The fourth-order valence-electron chi connectivity index (χ4n) is 2.93. The Balaban J connectivity index is 1.45. The van der Waals surface area contributed by atoms with Crippen LogP contribution in [0.15, 0.2) is 24.7 Å². The van der Waals surface area contributed by atoms with Crippen molar-refractivity contribution in [1.82, 2.24) is 30.4 Å². The molecule has 1 atom stereocenters. The zero-order valence-electron chi connectivity index (χ0n) is 14.0. The normalized spacial score (nSPS) is 15.4. The van der Waals surface area contributed by atoms with Gasteiger partial charge in [0, 0.05) is 57.0 Å². The average Bonchev–Trinajstić information content (AvgIpc) is 2.83. The molecule has 1 aliphatic heterocycles. The lowest BCUT2D eigenvalue weighted by Gasteiger charge is -2.12. The van der Waals surface area contributed by atoms with Crippen LogP contribution in [0.2, 0.25) is 0 Å². The third kappa shape index (κ3) is 4.61. The van der Waals surface area contributed by atoms with Gasteiger partial charge in [-0.15, -0.1) is 0 Å². The third-order valence-corrected chi connectivity index (χ3v) is 4.09. The number of rotatable bonds is 6. The number of fused-ring (bicyclic) bond motifs is 1. The Hall–Kier alpha value is -2.28. The predicted molar refractivity (Wildman–Crippen MR) is 90.2 cm³/mol. The molecule has 0 aliphatic carbocycles. The Morgan fingerprint density at radius 2 is 2.33 bits per heavy atom. The van der Waals surface area contributed by atoms with E-state index in [4.69, 9.17) is 0 Å². The summed E-state index contributed by atoms with van der Waals surface area (Å²) in [6.45, 7) is 4.82. The van der Waals surface area contributed by atoms with Crippen molar-refractivity contribution in [3.63, 3.8) is 0 Å². The Morgan fingerprint density at radius 1 is 1.42 bits per heavy atom. The van der Waals surface area contributed by atoms with Crippen molar-refractivity contribution in [2.45, 2.75) is 51.7 Å². The van der Waals surface area contributed by atoms with Crippen LogP contribution in [-0.4, -0.2) is 38.2 Å². The van der Waals surface area contributed by atoms with E-state index >= 15 is 0 Å². The SMILES string of the molecule is C[C@H](Cc1cnccn1)NC(=O)CCc1cc2n(n1)CCCNC2. The van der Waals surface area contributed by atoms with E-state index in [1.807, 2.05) is 6.92 Å². The molecule has 0 aromatic carbocycles. The standard InChI is InChI=1S/C17H24N6O/c1-13(9-15-11-19-6-7-20-15)21-17(24)4-3-14-10-16-12-18-5-2-8-23(16)22-14/h6-7,10-11,13,18H,2-5,8-9,12H2,1H3,(H,21,24)/t13-/m1/s1. The van der Waals surface area contributed by atoms with Gasteiger partial charge < -0.3 is 10.6 Å². The first kappa shape index (κ1) is 16.6. The molecule has 24 heavy (non-hydrogen) atoms. The summed E-state index contributed by atoms with van der Waals surface area (Å²) >= 11 is 0. The minimum Gasteiger partial charge on any atom is -0.353 e. The highest BCUT2D eigenvalue weighted by Crippen LogP contribution is 2.10. The molecule has 0 radical (unpaired) electrons. The Kier molecular flexibility index (Phi) is 5.53. The number of hydrogen-bond acceptors (Lipinski definition) is 5. The number of nitrogens with zero attached hydrogens (tertiary/aromatic N) is 4. The van der Waals surface area contributed by atoms with Crippen molar-refractivity contribution in [3.8, 4) is 0 Å². The molecular weight excluding hydrogens is 304 g/mol. The van der Waals surface area contributed by atoms with E-state index in [1.165, 1.54) is 5.69 Å². The molecule has 2 aromatic rings. The molecule has 0 saturated heterocycles. The van der Waals surface area contributed by atoms with Gasteiger partial charge in [0.15, 0.2) is 0 Å². The molecule has 7 nitrogen and oxygen atoms in total. The second kappa shape index (κ2) is 8.01. The number of aryl methyl sites for hydroxylation is 2. The van der Waals surface area contributed by atoms with Crippen LogP contribution in [0, 0.1) is 0 Å². The molecular formula is C17H24N6O. The maximum atomic E-state index is 12.1. The van der Waals surface area contributed by atoms with Gasteiger partial charge >= 0.3 is 0 Å². The van der Waals surface area contributed by atoms with Gasteiger partial charge in [-0.2, -0.15) is 5.10 Å². The van der Waals surface area contributed by atoms with Crippen LogP contribution in [0.25, 0.3) is 0 Å². The first-order valence-electron chi connectivity index (χ1n) is 8.51. The number of carbonyl (C=O) groups is 1. The van der Waals surface area contributed by atoms with Crippen LogP contribution in [-0.2, 0) is 30.7 Å². The van der Waals surface area contributed by atoms with Gasteiger partial charge in [-0.05, 0) is 26.0 Å². The Labute approximate surface area is 141 Å². The molecule has 0 unspecified atom stereocenters. The molecule has 0 bridgehead atoms. The van der Waals surface area contributed by atoms with Gasteiger partial charge in [0.2, 0.25) is 5.91 Å². The van der Waals surface area contributed by atoms with E-state index in [0.29, 0.717) is 19.3 Å². The van der Waals surface area contributed by atoms with Gasteiger partial charge in [-0.1, -0.05) is 0 Å². The summed E-state index contributed by atoms with van der Waals surface area (Å²) < 4.78 is 2.06. The predicted octanol–water partition coefficient (Wildman–Crippen LogP) is 0.846. The van der Waals surface area contributed by atoms with Crippen molar-refractivity contribution in [2.75, 3.05) is 6.54 Å². The van der Waals surface area contributed by atoms with Crippen LogP contribution >= 0.6 is 0 Å². The number of nitrogens with one attached hydrogen (secondary N) is 2. The fraction of sp³-hybridized carbons (Fsp3) is 0.529. The summed E-state index contributed by atoms with van der Waals surface area (Å²) in [5, 5.41) is 11.0. The lowest BCUT2D eigenvalue weighted by Crippen LogP contribution is -2.34. The molecule has 2 aromatic heterocycles. The van der Waals surface area contributed by atoms with Crippen LogP contribution in [0.3, 0.4) is 0 Å². The zero-order valence-corrected chi connectivity index (χ0v) is 14.0. The second-order valence-electron chi connectivity index (χ2n) is 6.25. The molecule has 128 valence electrons. The van der Waals surface area contributed by atoms with Crippen LogP contribution in [0.5, 0.6) is 0 Å². The third-order valence-electron chi connectivity index (χ3n) is 4.09. The fourth-order valence-corrected chi connectivity index (χ4v) is 2.93. The molecule has 1 amide bonds. The average molecular weight is 328 g/mol. The summed E-state index contributed by atoms with van der Waals surface area (Å²) in [5.41, 5.74) is 3.08. The molecule has 2 N–H and O–H groups in total. The van der Waals surface area contributed by atoms with Gasteiger partial charge in [0.1, 0.15) is 0 Å². The van der Waals surface area contributed by atoms with Gasteiger partial charge in [0.05, 0.1) is 17.1 Å². The van der Waals surface area contributed by atoms with E-state index in [0.717, 1.165) is 37.4 Å². The Morgan fingerprint density at radius 3 is 3.17 bits per heavy atom. The molecule has 3 rings (SSSR count). The largest absolute Gasteiger partial charge is 0.353 e. The molecule has 0 spiro atoms. The molecule has 1 aliphatic rings. The van der Waals surface area contributed by atoms with E-state index in [9.17, 15) is 4.79 Å². The summed E-state index contributed by atoms with van der Waals surface area (Å²) in [6, 6.07) is 2.14. The minimum atomic E-state index is 0.0390. The number of aromatic nitrogens is 4. The number of amides is 1. The first-order chi connectivity index (χ1) is 11.7. The van der Waals surface area contributed by atoms with Crippen molar-refractivity contribution < 1.29 is 4.79 Å². The van der Waals surface area contributed by atoms with Gasteiger partial charge in [0.25, 0.3) is 0 Å². The maximum absolute atomic E-state index is 12.1. The lowest BCUT2D eigenvalue weighted by molar-refractivity contribution is -0.121. The summed E-state index contributed by atoms with van der Waals surface area (Å²) in [6.07, 6.45) is 7.95. The highest BCUT2D eigenvalue weighted by molar-refractivity contribution is 5.76. The summed E-state index contributed by atoms with van der Waals surface area (Å²) in [7, 11) is 0. The minimum absolute atomic E-state index is 0.0390. The van der Waals surface area contributed by atoms with Crippen LogP contribution < -0.4 is 10.6 Å². The lowest BCUT2D eigenvalue weighted by atomic mass is 10.1. The van der Waals surface area contributed by atoms with E-state index in [-0.39, 0.29) is 11.9 Å². The number of hydrogen-bond donors (Lipinski definition) is 2. The number of carbonyl (C=O) groups excluding carboxylic acids is 1. The molecule has 3 heterocycles. The van der Waals surface area contributed by atoms with Crippen LogP contribution in [0.1, 0.15) is 36.8 Å². The quantitative estimate of drug-likeness (QED) is 0.821. The monoisotopic (exact) mass is 328 g/mol. The first-order valence-corrected chi connectivity index (χ1v) is 8.51. The van der Waals surface area contributed by atoms with Gasteiger partial charge in [-0.3, -0.25) is 19.4 Å². The van der Waals surface area contributed by atoms with Crippen molar-refractivity contribution in [3.05, 3.63) is 41.7 Å². The van der Waals surface area contributed by atoms with E-state index in [2.05, 4.69) is 36.4 Å². The highest BCUT2D eigenvalue weighted by atomic mass is 16.1. The molecule has 7 heteroatoms. The van der Waals surface area contributed by atoms with E-state index < -0.39 is 0 Å². The van der Waals surface area contributed by atoms with Crippen molar-refractivity contribution in [1.29, 1.82) is 0 Å². The topological polar surface area (TPSA) is 84.7 Å². The zero-order chi connectivity index (χ0) is 16.8. The van der Waals surface area contributed by atoms with Crippen molar-refractivity contribution >= 4 is 5.91 Å². The molecule has 0 saturated carbocycles. The van der Waals surface area contributed by atoms with Gasteiger partial charge in [-0.25, -0.2) is 0 Å². The maximum Gasteiger partial charge on any atom is 0.220 e. The van der Waals surface area contributed by atoms with E-state index in [1.54, 1.807) is 18.6 Å². The molecule has 0 fully saturated rings. The summed E-state index contributed by atoms with van der Waals surface area (Å²) in [4.78, 5) is 20.4.